The number of amides is 1. The topological polar surface area (TPSA) is 71.0 Å². The summed E-state index contributed by atoms with van der Waals surface area (Å²) in [6, 6.07) is 3.63. The minimum Gasteiger partial charge on any atom is -0.496 e. The van der Waals surface area contributed by atoms with Crippen molar-refractivity contribution >= 4 is 5.91 Å². The number of nitrogens with one attached hydrogen (secondary N) is 1. The molecule has 0 radical (unpaired) electrons. The molecule has 144 valence electrons. The molecule has 26 heavy (non-hydrogen) atoms. The molecule has 3 atom stereocenters. The van der Waals surface area contributed by atoms with Crippen LogP contribution in [0.25, 0.3) is 0 Å². The molecule has 2 N–H and O–H groups in total. The Morgan fingerprint density at radius 3 is 2.73 bits per heavy atom. The molecule has 0 bridgehead atoms. The maximum Gasteiger partial charge on any atom is 0.223 e. The molecule has 0 aromatic heterocycles. The third kappa shape index (κ3) is 3.81. The van der Waals surface area contributed by atoms with Gasteiger partial charge in [0, 0.05) is 24.1 Å². The van der Waals surface area contributed by atoms with E-state index in [-0.39, 0.29) is 5.91 Å². The van der Waals surface area contributed by atoms with Crippen molar-refractivity contribution in [1.29, 1.82) is 0 Å². The number of hydrogen-bond acceptors (Lipinski definition) is 5. The second-order valence-electron chi connectivity index (χ2n) is 7.44. The predicted molar refractivity (Wildman–Crippen MR) is 99.3 cm³/mol. The van der Waals surface area contributed by atoms with Gasteiger partial charge in [0.15, 0.2) is 0 Å². The Bertz CT molecular complexity index is 643. The lowest BCUT2D eigenvalue weighted by atomic mass is 9.85. The maximum atomic E-state index is 12.9. The normalized spacial score (nSPS) is 23.9. The van der Waals surface area contributed by atoms with Crippen LogP contribution >= 0.6 is 0 Å². The smallest absolute Gasteiger partial charge is 0.223 e. The summed E-state index contributed by atoms with van der Waals surface area (Å²) in [6.45, 7) is 4.97. The largest absolute Gasteiger partial charge is 0.496 e. The fourth-order valence-corrected chi connectivity index (χ4v) is 4.20. The summed E-state index contributed by atoms with van der Waals surface area (Å²) in [5.41, 5.74) is 1.58. The molecule has 0 saturated carbocycles. The molecule has 0 spiro atoms. The first-order valence-electron chi connectivity index (χ1n) is 9.45. The van der Waals surface area contributed by atoms with E-state index in [1.165, 1.54) is 12.8 Å². The number of methoxy groups -OCH3 is 2. The van der Waals surface area contributed by atoms with Crippen LogP contribution in [-0.4, -0.2) is 49.8 Å². The van der Waals surface area contributed by atoms with Gasteiger partial charge >= 0.3 is 0 Å². The van der Waals surface area contributed by atoms with Crippen molar-refractivity contribution in [1.82, 2.24) is 10.2 Å². The summed E-state index contributed by atoms with van der Waals surface area (Å²) in [6.07, 6.45) is 2.11. The Morgan fingerprint density at radius 2 is 2.08 bits per heavy atom. The van der Waals surface area contributed by atoms with Gasteiger partial charge in [0.25, 0.3) is 0 Å². The zero-order chi connectivity index (χ0) is 18.7. The molecular weight excluding hydrogens is 332 g/mol. The summed E-state index contributed by atoms with van der Waals surface area (Å²) >= 11 is 0. The Kier molecular flexibility index (Phi) is 6.04. The van der Waals surface area contributed by atoms with Crippen molar-refractivity contribution in [2.75, 3.05) is 33.9 Å². The minimum absolute atomic E-state index is 0.0950. The van der Waals surface area contributed by atoms with Crippen LogP contribution in [0.4, 0.5) is 0 Å². The maximum absolute atomic E-state index is 12.9. The highest BCUT2D eigenvalue weighted by Gasteiger charge is 2.33. The minimum atomic E-state index is -0.764. The third-order valence-electron chi connectivity index (χ3n) is 5.78. The number of fused-ring (bicyclic) bond motifs is 1. The number of piperidine rings is 1. The molecule has 1 aromatic rings. The molecule has 6 nitrogen and oxygen atoms in total. The fraction of sp³-hybridized carbons (Fsp3) is 0.650. The molecule has 1 saturated heterocycles. The van der Waals surface area contributed by atoms with Gasteiger partial charge in [-0.2, -0.15) is 0 Å². The summed E-state index contributed by atoms with van der Waals surface area (Å²) in [5, 5.41) is 14.1. The first-order valence-corrected chi connectivity index (χ1v) is 9.45. The fourth-order valence-electron chi connectivity index (χ4n) is 4.20. The van der Waals surface area contributed by atoms with Crippen molar-refractivity contribution in [2.24, 2.45) is 11.8 Å². The van der Waals surface area contributed by atoms with Gasteiger partial charge in [-0.05, 0) is 49.9 Å². The quantitative estimate of drug-likeness (QED) is 0.839. The van der Waals surface area contributed by atoms with Crippen LogP contribution in [0, 0.1) is 11.8 Å². The molecule has 1 fully saturated rings. The van der Waals surface area contributed by atoms with Crippen molar-refractivity contribution in [2.45, 2.75) is 38.8 Å². The Balaban J connectivity index is 1.74. The Morgan fingerprint density at radius 1 is 1.35 bits per heavy atom. The summed E-state index contributed by atoms with van der Waals surface area (Å²) in [7, 11) is 3.19. The molecule has 2 heterocycles. The molecule has 1 aromatic carbocycles. The van der Waals surface area contributed by atoms with Crippen LogP contribution in [0.2, 0.25) is 0 Å². The van der Waals surface area contributed by atoms with Crippen molar-refractivity contribution in [3.63, 3.8) is 0 Å². The SMILES string of the molecule is COc1ccc(OC)c2c1CN(C(=O)CC(C)C1CCCNC1)CC2O. The number of ether oxygens (including phenoxy) is 2. The first-order chi connectivity index (χ1) is 12.5. The Hall–Kier alpha value is -1.79. The predicted octanol–water partition coefficient (Wildman–Crippen LogP) is 2.11. The molecule has 3 unspecified atom stereocenters. The van der Waals surface area contributed by atoms with E-state index in [4.69, 9.17) is 9.47 Å². The number of benzene rings is 1. The molecule has 1 amide bonds. The monoisotopic (exact) mass is 362 g/mol. The van der Waals surface area contributed by atoms with E-state index in [9.17, 15) is 9.90 Å². The van der Waals surface area contributed by atoms with E-state index in [1.807, 2.05) is 6.07 Å². The second-order valence-corrected chi connectivity index (χ2v) is 7.44. The average molecular weight is 362 g/mol. The highest BCUT2D eigenvalue weighted by Crippen LogP contribution is 2.39. The third-order valence-corrected chi connectivity index (χ3v) is 5.78. The van der Waals surface area contributed by atoms with E-state index in [1.54, 1.807) is 25.2 Å². The number of aliphatic hydroxyl groups excluding tert-OH is 1. The van der Waals surface area contributed by atoms with Gasteiger partial charge in [0.05, 0.1) is 20.8 Å². The molecule has 2 aliphatic rings. The van der Waals surface area contributed by atoms with E-state index in [0.717, 1.165) is 24.2 Å². The van der Waals surface area contributed by atoms with Crippen LogP contribution in [-0.2, 0) is 11.3 Å². The van der Waals surface area contributed by atoms with Gasteiger partial charge in [-0.1, -0.05) is 6.92 Å². The molecule has 0 aliphatic carbocycles. The first kappa shape index (κ1) is 19.0. The number of carbonyl (C=O) groups is 1. The standard InChI is InChI=1S/C20H30N2O4/c1-13(14-5-4-8-21-10-14)9-19(24)22-11-15-17(25-2)6-7-18(26-3)20(15)16(23)12-22/h6-7,13-14,16,21,23H,4-5,8-12H2,1-3H3. The molecule has 6 heteroatoms. The lowest BCUT2D eigenvalue weighted by Crippen LogP contribution is -2.41. The number of rotatable bonds is 5. The number of hydrogen-bond donors (Lipinski definition) is 2. The van der Waals surface area contributed by atoms with E-state index in [0.29, 0.717) is 42.8 Å². The summed E-state index contributed by atoms with van der Waals surface area (Å²) in [4.78, 5) is 14.6. The van der Waals surface area contributed by atoms with Crippen LogP contribution < -0.4 is 14.8 Å². The van der Waals surface area contributed by atoms with Gasteiger partial charge in [0.2, 0.25) is 5.91 Å². The van der Waals surface area contributed by atoms with E-state index in [2.05, 4.69) is 12.2 Å². The lowest BCUT2D eigenvalue weighted by molar-refractivity contribution is -0.135. The van der Waals surface area contributed by atoms with Gasteiger partial charge in [-0.25, -0.2) is 0 Å². The molecular formula is C20H30N2O4. The number of β-amino-alcohol motifs (C(OH)–C–C–N with tert-alkyl or cyclic N) is 1. The van der Waals surface area contributed by atoms with Gasteiger partial charge in [-0.3, -0.25) is 4.79 Å². The lowest BCUT2D eigenvalue weighted by Gasteiger charge is -2.35. The van der Waals surface area contributed by atoms with Gasteiger partial charge in [-0.15, -0.1) is 0 Å². The summed E-state index contributed by atoms with van der Waals surface area (Å²) < 4.78 is 10.8. The number of nitrogens with zero attached hydrogens (tertiary/aromatic N) is 1. The van der Waals surface area contributed by atoms with Crippen LogP contribution in [0.15, 0.2) is 12.1 Å². The average Bonchev–Trinajstić information content (AvgIpc) is 2.67. The van der Waals surface area contributed by atoms with Crippen LogP contribution in [0.3, 0.4) is 0 Å². The molecule has 3 rings (SSSR count). The van der Waals surface area contributed by atoms with Crippen molar-refractivity contribution < 1.29 is 19.4 Å². The second kappa shape index (κ2) is 8.27. The van der Waals surface area contributed by atoms with E-state index < -0.39 is 6.10 Å². The van der Waals surface area contributed by atoms with Crippen molar-refractivity contribution in [3.05, 3.63) is 23.3 Å². The molecule has 2 aliphatic heterocycles. The zero-order valence-corrected chi connectivity index (χ0v) is 16.0. The van der Waals surface area contributed by atoms with Gasteiger partial charge in [0.1, 0.15) is 17.6 Å². The van der Waals surface area contributed by atoms with Crippen molar-refractivity contribution in [3.8, 4) is 11.5 Å². The summed E-state index contributed by atoms with van der Waals surface area (Å²) in [5.74, 6) is 2.30. The zero-order valence-electron chi connectivity index (χ0n) is 16.0. The van der Waals surface area contributed by atoms with Crippen LogP contribution in [0.1, 0.15) is 43.4 Å². The highest BCUT2D eigenvalue weighted by atomic mass is 16.5. The van der Waals surface area contributed by atoms with Crippen LogP contribution in [0.5, 0.6) is 11.5 Å². The number of carbonyl (C=O) groups excluding carboxylic acids is 1. The van der Waals surface area contributed by atoms with Gasteiger partial charge < -0.3 is 24.8 Å². The Labute approximate surface area is 155 Å². The highest BCUT2D eigenvalue weighted by molar-refractivity contribution is 5.77. The number of aliphatic hydroxyl groups is 1. The van der Waals surface area contributed by atoms with E-state index >= 15 is 0 Å².